The first-order valence-electron chi connectivity index (χ1n) is 11.0. The molecule has 8 nitrogen and oxygen atoms in total. The van der Waals surface area contributed by atoms with E-state index in [1.165, 1.54) is 16.4 Å². The highest BCUT2D eigenvalue weighted by Gasteiger charge is 2.31. The van der Waals surface area contributed by atoms with Gasteiger partial charge in [0.1, 0.15) is 13.2 Å². The Hall–Kier alpha value is -2.88. The summed E-state index contributed by atoms with van der Waals surface area (Å²) in [5.41, 5.74) is 1.85. The molecule has 3 heterocycles. The number of sulfonamides is 1. The van der Waals surface area contributed by atoms with Gasteiger partial charge in [0.05, 0.1) is 11.0 Å². The van der Waals surface area contributed by atoms with Crippen molar-refractivity contribution in [3.05, 3.63) is 63.9 Å². The van der Waals surface area contributed by atoms with Crippen LogP contribution in [0, 0.1) is 6.92 Å². The zero-order valence-corrected chi connectivity index (χ0v) is 19.2. The molecule has 3 aromatic rings. The van der Waals surface area contributed by atoms with E-state index >= 15 is 0 Å². The summed E-state index contributed by atoms with van der Waals surface area (Å²) >= 11 is 0. The first-order chi connectivity index (χ1) is 15.9. The Morgan fingerprint density at radius 3 is 2.64 bits per heavy atom. The van der Waals surface area contributed by atoms with Gasteiger partial charge in [0.2, 0.25) is 10.0 Å². The van der Waals surface area contributed by atoms with Gasteiger partial charge in [0.25, 0.3) is 5.56 Å². The lowest BCUT2D eigenvalue weighted by Gasteiger charge is -2.26. The number of hydrogen-bond donors (Lipinski definition) is 1. The second kappa shape index (κ2) is 8.81. The third kappa shape index (κ3) is 4.48. The topological polar surface area (TPSA) is 97.9 Å². The van der Waals surface area contributed by atoms with Crippen LogP contribution in [0.15, 0.2) is 52.2 Å². The number of rotatable bonds is 6. The zero-order valence-electron chi connectivity index (χ0n) is 18.4. The molecule has 0 aliphatic carbocycles. The van der Waals surface area contributed by atoms with Gasteiger partial charge in [-0.15, -0.1) is 0 Å². The molecular formula is C24H26N2O6S. The number of benzene rings is 2. The maximum atomic E-state index is 13.7. The quantitative estimate of drug-likeness (QED) is 0.595. The van der Waals surface area contributed by atoms with E-state index in [-0.39, 0.29) is 29.6 Å². The van der Waals surface area contributed by atoms with Crippen molar-refractivity contribution in [2.75, 3.05) is 26.4 Å². The van der Waals surface area contributed by atoms with Gasteiger partial charge in [-0.1, -0.05) is 11.6 Å². The number of aromatic amines is 1. The maximum absolute atomic E-state index is 13.7. The highest BCUT2D eigenvalue weighted by Crippen LogP contribution is 2.33. The summed E-state index contributed by atoms with van der Waals surface area (Å²) in [6.07, 6.45) is 1.46. The molecule has 5 rings (SSSR count). The Morgan fingerprint density at radius 1 is 1.03 bits per heavy atom. The van der Waals surface area contributed by atoms with Gasteiger partial charge in [0, 0.05) is 36.8 Å². The molecule has 2 aliphatic rings. The Labute approximate surface area is 192 Å². The smallest absolute Gasteiger partial charge is 0.252 e. The summed E-state index contributed by atoms with van der Waals surface area (Å²) in [7, 11) is -3.93. The van der Waals surface area contributed by atoms with E-state index in [9.17, 15) is 13.2 Å². The summed E-state index contributed by atoms with van der Waals surface area (Å²) in [6.45, 7) is 3.48. The number of hydrogen-bond acceptors (Lipinski definition) is 6. The van der Waals surface area contributed by atoms with Crippen molar-refractivity contribution in [1.29, 1.82) is 0 Å². The van der Waals surface area contributed by atoms with E-state index < -0.39 is 10.0 Å². The molecular weight excluding hydrogens is 444 g/mol. The number of H-pyrrole nitrogens is 1. The van der Waals surface area contributed by atoms with Crippen molar-refractivity contribution >= 4 is 20.9 Å². The number of fused-ring (bicyclic) bond motifs is 2. The Kier molecular flexibility index (Phi) is 5.86. The van der Waals surface area contributed by atoms with Crippen molar-refractivity contribution in [3.8, 4) is 11.5 Å². The van der Waals surface area contributed by atoms with E-state index in [0.29, 0.717) is 36.9 Å². The Morgan fingerprint density at radius 2 is 1.85 bits per heavy atom. The molecule has 1 fully saturated rings. The minimum atomic E-state index is -3.93. The molecule has 0 radical (unpaired) electrons. The first-order valence-corrected chi connectivity index (χ1v) is 12.5. The van der Waals surface area contributed by atoms with Crippen LogP contribution in [-0.4, -0.2) is 50.2 Å². The van der Waals surface area contributed by atoms with Crippen LogP contribution in [0.1, 0.15) is 24.0 Å². The second-order valence-electron chi connectivity index (χ2n) is 8.45. The third-order valence-electron chi connectivity index (χ3n) is 6.01. The van der Waals surface area contributed by atoms with Crippen molar-refractivity contribution in [1.82, 2.24) is 9.29 Å². The molecule has 0 saturated carbocycles. The van der Waals surface area contributed by atoms with Gasteiger partial charge in [0.15, 0.2) is 11.5 Å². The lowest BCUT2D eigenvalue weighted by molar-refractivity contribution is 0.0925. The molecule has 2 aromatic carbocycles. The number of ether oxygens (including phenoxy) is 3. The molecule has 0 bridgehead atoms. The summed E-state index contributed by atoms with van der Waals surface area (Å²) in [5, 5.41) is 0.860. The fraction of sp³-hybridized carbons (Fsp3) is 0.375. The molecule has 0 amide bonds. The van der Waals surface area contributed by atoms with E-state index in [4.69, 9.17) is 14.2 Å². The molecule has 1 N–H and O–H groups in total. The van der Waals surface area contributed by atoms with Crippen LogP contribution in [0.2, 0.25) is 0 Å². The molecule has 33 heavy (non-hydrogen) atoms. The van der Waals surface area contributed by atoms with E-state index in [2.05, 4.69) is 4.98 Å². The third-order valence-corrected chi connectivity index (χ3v) is 7.81. The van der Waals surface area contributed by atoms with Gasteiger partial charge in [-0.05, 0) is 55.5 Å². The molecule has 1 atom stereocenters. The Balaban J connectivity index is 1.52. The van der Waals surface area contributed by atoms with Crippen molar-refractivity contribution in [2.45, 2.75) is 37.3 Å². The van der Waals surface area contributed by atoms with Crippen LogP contribution in [0.4, 0.5) is 0 Å². The van der Waals surface area contributed by atoms with Gasteiger partial charge in [-0.3, -0.25) is 4.79 Å². The van der Waals surface area contributed by atoms with Gasteiger partial charge >= 0.3 is 0 Å². The molecule has 0 unspecified atom stereocenters. The van der Waals surface area contributed by atoms with Crippen molar-refractivity contribution in [3.63, 3.8) is 0 Å². The standard InChI is InChI=1S/C24H26N2O6S/c1-16-4-6-21-17(11-16)12-18(24(27)25-21)14-26(15-19-3-2-8-30-19)33(28,29)20-5-7-22-23(13-20)32-10-9-31-22/h4-7,11-13,19H,2-3,8-10,14-15H2,1H3,(H,25,27)/t19-/m0/s1. The molecule has 0 spiro atoms. The number of aryl methyl sites for hydroxylation is 1. The lowest BCUT2D eigenvalue weighted by Crippen LogP contribution is -2.38. The average molecular weight is 471 g/mol. The van der Waals surface area contributed by atoms with E-state index in [0.717, 1.165) is 29.3 Å². The van der Waals surface area contributed by atoms with Crippen LogP contribution in [0.25, 0.3) is 10.9 Å². The van der Waals surface area contributed by atoms with E-state index in [1.54, 1.807) is 12.1 Å². The summed E-state index contributed by atoms with van der Waals surface area (Å²) < 4.78 is 45.6. The number of aromatic nitrogens is 1. The molecule has 9 heteroatoms. The minimum absolute atomic E-state index is 0.0597. The predicted molar refractivity (Wildman–Crippen MR) is 123 cm³/mol. The summed E-state index contributed by atoms with van der Waals surface area (Å²) in [6, 6.07) is 12.1. The number of nitrogens with one attached hydrogen (secondary N) is 1. The lowest BCUT2D eigenvalue weighted by atomic mass is 10.1. The first kappa shape index (κ1) is 21.9. The largest absolute Gasteiger partial charge is 0.486 e. The maximum Gasteiger partial charge on any atom is 0.252 e. The SMILES string of the molecule is Cc1ccc2[nH]c(=O)c(CN(C[C@@H]3CCCO3)S(=O)(=O)c3ccc4c(c3)OCCO4)cc2c1. The average Bonchev–Trinajstić information content (AvgIpc) is 3.32. The molecule has 2 aliphatic heterocycles. The fourth-order valence-electron chi connectivity index (χ4n) is 4.28. The van der Waals surface area contributed by atoms with Crippen molar-refractivity contribution < 1.29 is 22.6 Å². The molecule has 1 aromatic heterocycles. The normalized spacial score (nSPS) is 18.2. The predicted octanol–water partition coefficient (Wildman–Crippen LogP) is 2.98. The molecule has 174 valence electrons. The highest BCUT2D eigenvalue weighted by molar-refractivity contribution is 7.89. The van der Waals surface area contributed by atoms with Crippen LogP contribution in [0.5, 0.6) is 11.5 Å². The number of nitrogens with zero attached hydrogens (tertiary/aromatic N) is 1. The molecule has 1 saturated heterocycles. The second-order valence-corrected chi connectivity index (χ2v) is 10.4. The van der Waals surface area contributed by atoms with Gasteiger partial charge < -0.3 is 19.2 Å². The fourth-order valence-corrected chi connectivity index (χ4v) is 5.74. The van der Waals surface area contributed by atoms with Crippen LogP contribution in [0.3, 0.4) is 0 Å². The van der Waals surface area contributed by atoms with E-state index in [1.807, 2.05) is 25.1 Å². The number of pyridine rings is 1. The van der Waals surface area contributed by atoms with Gasteiger partial charge in [-0.25, -0.2) is 8.42 Å². The highest BCUT2D eigenvalue weighted by atomic mass is 32.2. The summed E-state index contributed by atoms with van der Waals surface area (Å²) in [4.78, 5) is 15.8. The zero-order chi connectivity index (χ0) is 23.0. The van der Waals surface area contributed by atoms with Crippen LogP contribution in [-0.2, 0) is 21.3 Å². The van der Waals surface area contributed by atoms with Crippen molar-refractivity contribution in [2.24, 2.45) is 0 Å². The minimum Gasteiger partial charge on any atom is -0.486 e. The van der Waals surface area contributed by atoms with Gasteiger partial charge in [-0.2, -0.15) is 4.31 Å². The van der Waals surface area contributed by atoms with Crippen LogP contribution < -0.4 is 15.0 Å². The van der Waals surface area contributed by atoms with Crippen LogP contribution >= 0.6 is 0 Å². The summed E-state index contributed by atoms with van der Waals surface area (Å²) in [5.74, 6) is 0.922. The Bertz CT molecular complexity index is 1340. The monoisotopic (exact) mass is 470 g/mol.